The Morgan fingerprint density at radius 1 is 1.58 bits per heavy atom. The molecule has 1 unspecified atom stereocenters. The fourth-order valence-corrected chi connectivity index (χ4v) is 2.29. The highest BCUT2D eigenvalue weighted by atomic mass is 32.2. The van der Waals surface area contributed by atoms with Crippen molar-refractivity contribution in [2.75, 3.05) is 12.3 Å². The van der Waals surface area contributed by atoms with Crippen molar-refractivity contribution in [2.24, 2.45) is 0 Å². The van der Waals surface area contributed by atoms with E-state index in [1.54, 1.807) is 0 Å². The number of hydrogen-bond acceptors (Lipinski definition) is 3. The highest BCUT2D eigenvalue weighted by Gasteiger charge is 2.23. The van der Waals surface area contributed by atoms with Crippen LogP contribution >= 0.6 is 11.8 Å². The molecule has 1 saturated heterocycles. The first-order chi connectivity index (χ1) is 5.84. The minimum atomic E-state index is 0.159. The lowest BCUT2D eigenvalue weighted by molar-refractivity contribution is -0.112. The van der Waals surface area contributed by atoms with Gasteiger partial charge in [0.05, 0.1) is 6.04 Å². The summed E-state index contributed by atoms with van der Waals surface area (Å²) in [5.41, 5.74) is 0. The molecule has 0 saturated carbocycles. The van der Waals surface area contributed by atoms with Crippen LogP contribution in [0.3, 0.4) is 0 Å². The topological polar surface area (TPSA) is 29.1 Å². The van der Waals surface area contributed by atoms with Gasteiger partial charge >= 0.3 is 0 Å². The quantitative estimate of drug-likeness (QED) is 0.665. The molecule has 0 radical (unpaired) electrons. The monoisotopic (exact) mass is 187 g/mol. The van der Waals surface area contributed by atoms with Crippen molar-refractivity contribution in [3.63, 3.8) is 0 Å². The van der Waals surface area contributed by atoms with Crippen LogP contribution in [0.4, 0.5) is 0 Å². The van der Waals surface area contributed by atoms with Crippen molar-refractivity contribution in [1.29, 1.82) is 0 Å². The van der Waals surface area contributed by atoms with Crippen molar-refractivity contribution in [3.05, 3.63) is 0 Å². The van der Waals surface area contributed by atoms with E-state index in [0.717, 1.165) is 18.7 Å². The fraction of sp³-hybridized carbons (Fsp3) is 0.889. The minimum absolute atomic E-state index is 0.159. The molecule has 1 N–H and O–H groups in total. The molecule has 0 aromatic rings. The Balaban J connectivity index is 2.02. The molecule has 1 aliphatic heterocycles. The van der Waals surface area contributed by atoms with E-state index in [1.165, 1.54) is 31.0 Å². The second kappa shape index (κ2) is 5.60. The third kappa shape index (κ3) is 3.15. The molecular weight excluding hydrogens is 170 g/mol. The Morgan fingerprint density at radius 2 is 2.42 bits per heavy atom. The summed E-state index contributed by atoms with van der Waals surface area (Å²) in [6.45, 7) is 3.20. The second-order valence-corrected chi connectivity index (χ2v) is 4.27. The van der Waals surface area contributed by atoms with E-state index in [4.69, 9.17) is 0 Å². The molecule has 3 heteroatoms. The van der Waals surface area contributed by atoms with Crippen LogP contribution in [0, 0.1) is 0 Å². The normalized spacial score (nSPS) is 23.4. The lowest BCUT2D eigenvalue weighted by Gasteiger charge is -2.08. The molecule has 70 valence electrons. The van der Waals surface area contributed by atoms with Crippen LogP contribution in [0.15, 0.2) is 0 Å². The van der Waals surface area contributed by atoms with Gasteiger partial charge in [-0.1, -0.05) is 31.5 Å². The van der Waals surface area contributed by atoms with Crippen LogP contribution in [0.25, 0.3) is 0 Å². The summed E-state index contributed by atoms with van der Waals surface area (Å²) in [6.07, 6.45) is 4.73. The highest BCUT2D eigenvalue weighted by Crippen LogP contribution is 2.19. The average Bonchev–Trinajstić information content (AvgIpc) is 2.46. The Kier molecular flexibility index (Phi) is 4.69. The van der Waals surface area contributed by atoms with Crippen molar-refractivity contribution < 1.29 is 4.79 Å². The first-order valence-electron chi connectivity index (χ1n) is 4.74. The van der Waals surface area contributed by atoms with Crippen molar-refractivity contribution >= 4 is 16.9 Å². The van der Waals surface area contributed by atoms with Crippen LogP contribution in [0.5, 0.6) is 0 Å². The van der Waals surface area contributed by atoms with Crippen molar-refractivity contribution in [2.45, 2.75) is 38.6 Å². The van der Waals surface area contributed by atoms with Gasteiger partial charge in [0.2, 0.25) is 5.12 Å². The van der Waals surface area contributed by atoms with Gasteiger partial charge in [-0.2, -0.15) is 0 Å². The first-order valence-corrected chi connectivity index (χ1v) is 5.73. The molecule has 0 bridgehead atoms. The Labute approximate surface area is 78.5 Å². The van der Waals surface area contributed by atoms with Gasteiger partial charge in [0.1, 0.15) is 0 Å². The standard InChI is InChI=1S/C9H17NOS/c1-2-3-4-6-10-8-5-7-12-9(8)11/h8,10H,2-7H2,1H3. The number of rotatable bonds is 5. The predicted octanol–water partition coefficient (Wildman–Crippen LogP) is 1.80. The van der Waals surface area contributed by atoms with Gasteiger partial charge in [-0.05, 0) is 19.4 Å². The predicted molar refractivity (Wildman–Crippen MR) is 53.4 cm³/mol. The van der Waals surface area contributed by atoms with E-state index in [-0.39, 0.29) is 6.04 Å². The first kappa shape index (κ1) is 10.1. The summed E-state index contributed by atoms with van der Waals surface area (Å²) >= 11 is 1.47. The maximum atomic E-state index is 11.1. The zero-order valence-electron chi connectivity index (χ0n) is 7.64. The van der Waals surface area contributed by atoms with E-state index in [1.807, 2.05) is 0 Å². The third-order valence-corrected chi connectivity index (χ3v) is 3.12. The second-order valence-electron chi connectivity index (χ2n) is 3.17. The average molecular weight is 187 g/mol. The van der Waals surface area contributed by atoms with Crippen LogP contribution in [0.2, 0.25) is 0 Å². The molecular formula is C9H17NOS. The summed E-state index contributed by atoms with van der Waals surface area (Å²) in [4.78, 5) is 11.1. The SMILES string of the molecule is CCCCCNC1CCSC1=O. The van der Waals surface area contributed by atoms with Gasteiger partial charge in [-0.15, -0.1) is 0 Å². The largest absolute Gasteiger partial charge is 0.307 e. The van der Waals surface area contributed by atoms with Crippen molar-refractivity contribution in [3.8, 4) is 0 Å². The number of carbonyl (C=O) groups is 1. The molecule has 1 heterocycles. The smallest absolute Gasteiger partial charge is 0.205 e. The summed E-state index contributed by atoms with van der Waals surface area (Å²) in [6, 6.07) is 0.159. The Morgan fingerprint density at radius 3 is 3.00 bits per heavy atom. The third-order valence-electron chi connectivity index (χ3n) is 2.11. The van der Waals surface area contributed by atoms with E-state index in [9.17, 15) is 4.79 Å². The molecule has 0 aromatic heterocycles. The molecule has 2 nitrogen and oxygen atoms in total. The van der Waals surface area contributed by atoms with E-state index >= 15 is 0 Å². The van der Waals surface area contributed by atoms with E-state index in [0.29, 0.717) is 5.12 Å². The lowest BCUT2D eigenvalue weighted by atomic mass is 10.2. The molecule has 1 rings (SSSR count). The van der Waals surface area contributed by atoms with Gasteiger partial charge in [0.25, 0.3) is 0 Å². The van der Waals surface area contributed by atoms with Gasteiger partial charge in [-0.3, -0.25) is 4.79 Å². The summed E-state index contributed by atoms with van der Waals surface area (Å²) in [5, 5.41) is 3.64. The zero-order valence-corrected chi connectivity index (χ0v) is 8.45. The Hall–Kier alpha value is -0.0200. The molecule has 1 aliphatic rings. The van der Waals surface area contributed by atoms with E-state index < -0.39 is 0 Å². The molecule has 0 aliphatic carbocycles. The van der Waals surface area contributed by atoms with Crippen LogP contribution in [0.1, 0.15) is 32.6 Å². The van der Waals surface area contributed by atoms with Gasteiger partial charge in [0, 0.05) is 5.75 Å². The summed E-state index contributed by atoms with van der Waals surface area (Å²) < 4.78 is 0. The zero-order chi connectivity index (χ0) is 8.81. The lowest BCUT2D eigenvalue weighted by Crippen LogP contribution is -2.32. The highest BCUT2D eigenvalue weighted by molar-refractivity contribution is 8.14. The molecule has 0 spiro atoms. The van der Waals surface area contributed by atoms with Crippen LogP contribution in [-0.2, 0) is 4.79 Å². The van der Waals surface area contributed by atoms with Crippen LogP contribution < -0.4 is 5.32 Å². The molecule has 1 fully saturated rings. The van der Waals surface area contributed by atoms with Gasteiger partial charge < -0.3 is 5.32 Å². The maximum absolute atomic E-state index is 11.1. The number of unbranched alkanes of at least 4 members (excludes halogenated alkanes) is 2. The number of thioether (sulfide) groups is 1. The maximum Gasteiger partial charge on any atom is 0.205 e. The Bertz CT molecular complexity index is 149. The summed E-state index contributed by atoms with van der Waals surface area (Å²) in [5.74, 6) is 1.00. The van der Waals surface area contributed by atoms with Crippen LogP contribution in [-0.4, -0.2) is 23.5 Å². The van der Waals surface area contributed by atoms with E-state index in [2.05, 4.69) is 12.2 Å². The summed E-state index contributed by atoms with van der Waals surface area (Å²) in [7, 11) is 0. The number of hydrogen-bond donors (Lipinski definition) is 1. The molecule has 1 atom stereocenters. The van der Waals surface area contributed by atoms with Gasteiger partial charge in [-0.25, -0.2) is 0 Å². The number of nitrogens with one attached hydrogen (secondary N) is 1. The fourth-order valence-electron chi connectivity index (χ4n) is 1.33. The molecule has 12 heavy (non-hydrogen) atoms. The molecule has 0 aromatic carbocycles. The minimum Gasteiger partial charge on any atom is -0.307 e. The van der Waals surface area contributed by atoms with Crippen molar-refractivity contribution in [1.82, 2.24) is 5.32 Å². The van der Waals surface area contributed by atoms with Gasteiger partial charge in [0.15, 0.2) is 0 Å². The number of carbonyl (C=O) groups excluding carboxylic acids is 1. The molecule has 0 amide bonds.